The van der Waals surface area contributed by atoms with Crippen LogP contribution in [-0.2, 0) is 11.4 Å². The Bertz CT molecular complexity index is 383. The molecular formula is C12H12O2. The first-order valence-corrected chi connectivity index (χ1v) is 4.41. The van der Waals surface area contributed by atoms with Crippen LogP contribution in [0.1, 0.15) is 23.1 Å². The molecule has 1 aromatic rings. The maximum Gasteiger partial charge on any atom is 0.131 e. The van der Waals surface area contributed by atoms with Gasteiger partial charge in [-0.1, -0.05) is 17.9 Å². The molecule has 0 aliphatic heterocycles. The number of benzene rings is 1. The molecule has 72 valence electrons. The van der Waals surface area contributed by atoms with E-state index in [2.05, 4.69) is 11.8 Å². The third kappa shape index (κ3) is 2.72. The number of hydrogen-bond donors (Lipinski definition) is 1. The van der Waals surface area contributed by atoms with E-state index in [9.17, 15) is 4.79 Å². The molecule has 0 bridgehead atoms. The molecule has 0 radical (unpaired) electrons. The van der Waals surface area contributed by atoms with Crippen molar-refractivity contribution in [3.8, 4) is 11.8 Å². The summed E-state index contributed by atoms with van der Waals surface area (Å²) in [6, 6.07) is 5.63. The van der Waals surface area contributed by atoms with Gasteiger partial charge in [-0.15, -0.1) is 0 Å². The zero-order valence-electron chi connectivity index (χ0n) is 8.08. The van der Waals surface area contributed by atoms with Crippen molar-refractivity contribution in [2.24, 2.45) is 0 Å². The standard InChI is InChI=1S/C12H12O2/c1-10-5-6-11(4-2-3-7-13)8-12(10)9-14/h5-8,14H,3,9H2,1H3. The number of aryl methyl sites for hydroxylation is 1. The molecule has 1 rings (SSSR count). The van der Waals surface area contributed by atoms with E-state index in [1.165, 1.54) is 0 Å². The van der Waals surface area contributed by atoms with E-state index in [1.54, 1.807) is 0 Å². The number of aliphatic hydroxyl groups excluding tert-OH is 1. The van der Waals surface area contributed by atoms with Gasteiger partial charge in [0.15, 0.2) is 0 Å². The Balaban J connectivity index is 2.91. The number of rotatable bonds is 2. The molecule has 1 aromatic carbocycles. The normalized spacial score (nSPS) is 9.00. The minimum Gasteiger partial charge on any atom is -0.392 e. The summed E-state index contributed by atoms with van der Waals surface area (Å²) in [5.74, 6) is 5.58. The molecule has 0 aliphatic carbocycles. The van der Waals surface area contributed by atoms with E-state index in [0.29, 0.717) is 0 Å². The second-order valence-corrected chi connectivity index (χ2v) is 2.97. The molecule has 14 heavy (non-hydrogen) atoms. The summed E-state index contributed by atoms with van der Waals surface area (Å²) in [4.78, 5) is 10.0. The van der Waals surface area contributed by atoms with Gasteiger partial charge in [-0.25, -0.2) is 0 Å². The number of aliphatic hydroxyl groups is 1. The van der Waals surface area contributed by atoms with Crippen LogP contribution in [0.4, 0.5) is 0 Å². The topological polar surface area (TPSA) is 37.3 Å². The van der Waals surface area contributed by atoms with Gasteiger partial charge in [-0.2, -0.15) is 0 Å². The lowest BCUT2D eigenvalue weighted by Gasteiger charge is -2.01. The van der Waals surface area contributed by atoms with Crippen LogP contribution in [0, 0.1) is 18.8 Å². The Morgan fingerprint density at radius 1 is 1.50 bits per heavy atom. The molecule has 0 fully saturated rings. The van der Waals surface area contributed by atoms with Crippen LogP contribution in [0.15, 0.2) is 18.2 Å². The fraction of sp³-hybridized carbons (Fsp3) is 0.250. The van der Waals surface area contributed by atoms with Crippen molar-refractivity contribution in [3.63, 3.8) is 0 Å². The van der Waals surface area contributed by atoms with Gasteiger partial charge in [0.2, 0.25) is 0 Å². The maximum atomic E-state index is 10.0. The minimum atomic E-state index is 0.0229. The van der Waals surface area contributed by atoms with Gasteiger partial charge in [-0.05, 0) is 30.2 Å². The zero-order valence-corrected chi connectivity index (χ0v) is 8.08. The summed E-state index contributed by atoms with van der Waals surface area (Å²) in [6.07, 6.45) is 1.02. The first-order chi connectivity index (χ1) is 6.77. The van der Waals surface area contributed by atoms with Crippen LogP contribution in [0.25, 0.3) is 0 Å². The second kappa shape index (κ2) is 5.21. The van der Waals surface area contributed by atoms with Gasteiger partial charge in [0.1, 0.15) is 6.29 Å². The monoisotopic (exact) mass is 188 g/mol. The van der Waals surface area contributed by atoms with Gasteiger partial charge in [0, 0.05) is 5.56 Å². The molecule has 0 saturated carbocycles. The Morgan fingerprint density at radius 2 is 2.29 bits per heavy atom. The number of carbonyl (C=O) groups is 1. The highest BCUT2D eigenvalue weighted by atomic mass is 16.3. The predicted octanol–water partition coefficient (Wildman–Crippen LogP) is 1.43. The van der Waals surface area contributed by atoms with E-state index in [0.717, 1.165) is 23.0 Å². The smallest absolute Gasteiger partial charge is 0.131 e. The molecular weight excluding hydrogens is 176 g/mol. The molecule has 2 nitrogen and oxygen atoms in total. The van der Waals surface area contributed by atoms with Gasteiger partial charge in [0.05, 0.1) is 13.0 Å². The number of aldehydes is 1. The molecule has 2 heteroatoms. The highest BCUT2D eigenvalue weighted by Gasteiger charge is 1.96. The summed E-state index contributed by atoms with van der Waals surface area (Å²) < 4.78 is 0. The molecule has 0 amide bonds. The van der Waals surface area contributed by atoms with Crippen molar-refractivity contribution >= 4 is 6.29 Å². The van der Waals surface area contributed by atoms with Gasteiger partial charge in [-0.3, -0.25) is 0 Å². The zero-order chi connectivity index (χ0) is 10.4. The van der Waals surface area contributed by atoms with E-state index < -0.39 is 0 Å². The third-order valence-electron chi connectivity index (χ3n) is 1.94. The average Bonchev–Trinajstić information content (AvgIpc) is 2.21. The van der Waals surface area contributed by atoms with E-state index >= 15 is 0 Å². The molecule has 0 aliphatic rings. The van der Waals surface area contributed by atoms with Crippen LogP contribution in [0.3, 0.4) is 0 Å². The predicted molar refractivity (Wildman–Crippen MR) is 54.7 cm³/mol. The molecule has 0 atom stereocenters. The van der Waals surface area contributed by atoms with Crippen molar-refractivity contribution in [2.75, 3.05) is 0 Å². The Hall–Kier alpha value is -1.59. The molecule has 0 saturated heterocycles. The van der Waals surface area contributed by atoms with Crippen LogP contribution in [0.5, 0.6) is 0 Å². The van der Waals surface area contributed by atoms with Crippen molar-refractivity contribution < 1.29 is 9.90 Å². The molecule has 0 heterocycles. The van der Waals surface area contributed by atoms with Crippen LogP contribution in [-0.4, -0.2) is 11.4 Å². The van der Waals surface area contributed by atoms with Crippen LogP contribution < -0.4 is 0 Å². The summed E-state index contributed by atoms with van der Waals surface area (Å²) >= 11 is 0. The highest BCUT2D eigenvalue weighted by molar-refractivity contribution is 5.55. The van der Waals surface area contributed by atoms with E-state index in [1.807, 2.05) is 25.1 Å². The lowest BCUT2D eigenvalue weighted by Crippen LogP contribution is -1.89. The third-order valence-corrected chi connectivity index (χ3v) is 1.94. The Labute approximate surface area is 83.6 Å². The first kappa shape index (κ1) is 10.5. The number of carbonyl (C=O) groups excluding carboxylic acids is 1. The lowest BCUT2D eigenvalue weighted by atomic mass is 10.1. The van der Waals surface area contributed by atoms with Crippen LogP contribution >= 0.6 is 0 Å². The molecule has 0 aromatic heterocycles. The SMILES string of the molecule is Cc1ccc(C#CCC=O)cc1CO. The van der Waals surface area contributed by atoms with E-state index in [-0.39, 0.29) is 13.0 Å². The summed E-state index contributed by atoms with van der Waals surface area (Å²) in [5, 5.41) is 9.01. The largest absolute Gasteiger partial charge is 0.392 e. The van der Waals surface area contributed by atoms with E-state index in [4.69, 9.17) is 5.11 Å². The lowest BCUT2D eigenvalue weighted by molar-refractivity contribution is -0.107. The van der Waals surface area contributed by atoms with Crippen molar-refractivity contribution in [3.05, 3.63) is 34.9 Å². The fourth-order valence-electron chi connectivity index (χ4n) is 1.11. The highest BCUT2D eigenvalue weighted by Crippen LogP contribution is 2.10. The average molecular weight is 188 g/mol. The molecule has 0 spiro atoms. The van der Waals surface area contributed by atoms with Crippen LogP contribution in [0.2, 0.25) is 0 Å². The Morgan fingerprint density at radius 3 is 2.93 bits per heavy atom. The minimum absolute atomic E-state index is 0.0229. The first-order valence-electron chi connectivity index (χ1n) is 4.41. The van der Waals surface area contributed by atoms with Crippen molar-refractivity contribution in [1.29, 1.82) is 0 Å². The second-order valence-electron chi connectivity index (χ2n) is 2.97. The molecule has 0 unspecified atom stereocenters. The van der Waals surface area contributed by atoms with Gasteiger partial charge in [0.25, 0.3) is 0 Å². The quantitative estimate of drug-likeness (QED) is 0.563. The summed E-state index contributed by atoms with van der Waals surface area (Å²) in [5.41, 5.74) is 2.76. The Kier molecular flexibility index (Phi) is 3.90. The summed E-state index contributed by atoms with van der Waals surface area (Å²) in [7, 11) is 0. The van der Waals surface area contributed by atoms with Gasteiger partial charge >= 0.3 is 0 Å². The van der Waals surface area contributed by atoms with Gasteiger partial charge < -0.3 is 9.90 Å². The van der Waals surface area contributed by atoms with Crippen molar-refractivity contribution in [2.45, 2.75) is 20.0 Å². The maximum absolute atomic E-state index is 10.0. The number of hydrogen-bond acceptors (Lipinski definition) is 2. The fourth-order valence-corrected chi connectivity index (χ4v) is 1.11. The van der Waals surface area contributed by atoms with Crippen molar-refractivity contribution in [1.82, 2.24) is 0 Å². The molecule has 1 N–H and O–H groups in total. The summed E-state index contributed by atoms with van der Waals surface area (Å²) in [6.45, 7) is 1.96.